The molecule has 7 heteroatoms. The molecule has 0 bridgehead atoms. The molecule has 0 spiro atoms. The predicted molar refractivity (Wildman–Crippen MR) is 119 cm³/mol. The van der Waals surface area contributed by atoms with Gasteiger partial charge in [-0.05, 0) is 49.6 Å². The summed E-state index contributed by atoms with van der Waals surface area (Å²) >= 11 is 0. The second-order valence-corrected chi connectivity index (χ2v) is 7.72. The van der Waals surface area contributed by atoms with Gasteiger partial charge in [-0.2, -0.15) is 0 Å². The van der Waals surface area contributed by atoms with Gasteiger partial charge in [-0.15, -0.1) is 0 Å². The smallest absolute Gasteiger partial charge is 0.255 e. The molecule has 31 heavy (non-hydrogen) atoms. The Bertz CT molecular complexity index is 944. The normalized spacial score (nSPS) is 15.9. The van der Waals surface area contributed by atoms with Crippen molar-refractivity contribution in [1.82, 2.24) is 10.2 Å². The standard InChI is InChI=1S/C24H29N3O4/c1-17-7-3-4-11-21(17)23(29)26-20-10-5-8-18(15-20)24(30)27-13-6-9-19(16-27)22(28)25-12-14-31-2/h3-5,7-8,10-11,15,19H,6,9,12-14,16H2,1-2H3,(H,25,28)(H,26,29)/t19-/m0/s1. The summed E-state index contributed by atoms with van der Waals surface area (Å²) in [6, 6.07) is 14.3. The quantitative estimate of drug-likeness (QED) is 0.671. The van der Waals surface area contributed by atoms with Gasteiger partial charge in [-0.25, -0.2) is 0 Å². The van der Waals surface area contributed by atoms with Crippen LogP contribution in [0, 0.1) is 12.8 Å². The van der Waals surface area contributed by atoms with Gasteiger partial charge < -0.3 is 20.3 Å². The first-order valence-electron chi connectivity index (χ1n) is 10.5. The predicted octanol–water partition coefficient (Wildman–Crippen LogP) is 2.86. The number of piperidine rings is 1. The molecule has 2 aromatic carbocycles. The van der Waals surface area contributed by atoms with Crippen molar-refractivity contribution in [1.29, 1.82) is 0 Å². The van der Waals surface area contributed by atoms with Crippen molar-refractivity contribution in [3.05, 3.63) is 65.2 Å². The molecule has 1 atom stereocenters. The van der Waals surface area contributed by atoms with Gasteiger partial charge in [0.05, 0.1) is 12.5 Å². The molecule has 1 heterocycles. The summed E-state index contributed by atoms with van der Waals surface area (Å²) in [5.74, 6) is -0.623. The van der Waals surface area contributed by atoms with E-state index in [0.717, 1.165) is 18.4 Å². The van der Waals surface area contributed by atoms with Crippen LogP contribution in [0.5, 0.6) is 0 Å². The van der Waals surface area contributed by atoms with E-state index >= 15 is 0 Å². The Morgan fingerprint density at radius 3 is 2.71 bits per heavy atom. The molecule has 2 N–H and O–H groups in total. The average molecular weight is 424 g/mol. The number of benzene rings is 2. The zero-order chi connectivity index (χ0) is 22.2. The number of nitrogens with zero attached hydrogens (tertiary/aromatic N) is 1. The monoisotopic (exact) mass is 423 g/mol. The number of rotatable bonds is 7. The summed E-state index contributed by atoms with van der Waals surface area (Å²) in [5.41, 5.74) is 2.53. The highest BCUT2D eigenvalue weighted by Crippen LogP contribution is 2.21. The van der Waals surface area contributed by atoms with Crippen LogP contribution in [0.2, 0.25) is 0 Å². The third-order valence-corrected chi connectivity index (χ3v) is 5.44. The van der Waals surface area contributed by atoms with E-state index in [2.05, 4.69) is 10.6 Å². The second-order valence-electron chi connectivity index (χ2n) is 7.72. The number of amides is 3. The van der Waals surface area contributed by atoms with Crippen molar-refractivity contribution in [2.24, 2.45) is 5.92 Å². The van der Waals surface area contributed by atoms with E-state index < -0.39 is 0 Å². The lowest BCUT2D eigenvalue weighted by Gasteiger charge is -2.32. The number of ether oxygens (including phenoxy) is 1. The number of hydrogen-bond donors (Lipinski definition) is 2. The number of anilines is 1. The molecular formula is C24H29N3O4. The van der Waals surface area contributed by atoms with Crippen LogP contribution >= 0.6 is 0 Å². The Balaban J connectivity index is 1.65. The third-order valence-electron chi connectivity index (χ3n) is 5.44. The molecule has 2 aromatic rings. The lowest BCUT2D eigenvalue weighted by Crippen LogP contribution is -2.45. The maximum atomic E-state index is 13.1. The molecule has 0 aromatic heterocycles. The van der Waals surface area contributed by atoms with E-state index in [1.165, 1.54) is 0 Å². The van der Waals surface area contributed by atoms with E-state index in [0.29, 0.717) is 43.1 Å². The zero-order valence-corrected chi connectivity index (χ0v) is 18.0. The molecule has 7 nitrogen and oxygen atoms in total. The first kappa shape index (κ1) is 22.5. The van der Waals surface area contributed by atoms with Crippen LogP contribution in [0.25, 0.3) is 0 Å². The average Bonchev–Trinajstić information content (AvgIpc) is 2.79. The second kappa shape index (κ2) is 10.7. The van der Waals surface area contributed by atoms with E-state index in [1.807, 2.05) is 25.1 Å². The third kappa shape index (κ3) is 5.92. The zero-order valence-electron chi connectivity index (χ0n) is 18.0. The fraction of sp³-hybridized carbons (Fsp3) is 0.375. The molecule has 1 aliphatic rings. The highest BCUT2D eigenvalue weighted by atomic mass is 16.5. The molecule has 0 unspecified atom stereocenters. The molecule has 1 saturated heterocycles. The van der Waals surface area contributed by atoms with Crippen LogP contribution in [0.3, 0.4) is 0 Å². The summed E-state index contributed by atoms with van der Waals surface area (Å²) in [7, 11) is 1.59. The molecule has 0 radical (unpaired) electrons. The van der Waals surface area contributed by atoms with Crippen LogP contribution in [-0.2, 0) is 9.53 Å². The number of carbonyl (C=O) groups excluding carboxylic acids is 3. The Kier molecular flexibility index (Phi) is 7.78. The Morgan fingerprint density at radius 1 is 1.13 bits per heavy atom. The molecule has 1 fully saturated rings. The van der Waals surface area contributed by atoms with Crippen LogP contribution in [0.15, 0.2) is 48.5 Å². The van der Waals surface area contributed by atoms with Gasteiger partial charge in [0.2, 0.25) is 5.91 Å². The number of aryl methyl sites for hydroxylation is 1. The van der Waals surface area contributed by atoms with E-state index in [9.17, 15) is 14.4 Å². The van der Waals surface area contributed by atoms with Crippen molar-refractivity contribution < 1.29 is 19.1 Å². The van der Waals surface area contributed by atoms with Crippen molar-refractivity contribution in [2.75, 3.05) is 38.7 Å². The van der Waals surface area contributed by atoms with Gasteiger partial charge in [0.1, 0.15) is 0 Å². The molecule has 0 saturated carbocycles. The minimum Gasteiger partial charge on any atom is -0.383 e. The van der Waals surface area contributed by atoms with E-state index in [4.69, 9.17) is 4.74 Å². The Morgan fingerprint density at radius 2 is 1.94 bits per heavy atom. The van der Waals surface area contributed by atoms with Gasteiger partial charge in [0.15, 0.2) is 0 Å². The first-order valence-corrected chi connectivity index (χ1v) is 10.5. The van der Waals surface area contributed by atoms with Crippen molar-refractivity contribution >= 4 is 23.4 Å². The summed E-state index contributed by atoms with van der Waals surface area (Å²) in [5, 5.41) is 5.72. The summed E-state index contributed by atoms with van der Waals surface area (Å²) in [6.07, 6.45) is 1.53. The number of nitrogens with one attached hydrogen (secondary N) is 2. The van der Waals surface area contributed by atoms with E-state index in [1.54, 1.807) is 42.3 Å². The molecule has 1 aliphatic heterocycles. The highest BCUT2D eigenvalue weighted by molar-refractivity contribution is 6.06. The van der Waals surface area contributed by atoms with Crippen LogP contribution in [0.1, 0.15) is 39.1 Å². The van der Waals surface area contributed by atoms with Crippen LogP contribution in [0.4, 0.5) is 5.69 Å². The molecular weight excluding hydrogens is 394 g/mol. The Labute approximate surface area is 182 Å². The van der Waals surface area contributed by atoms with Crippen molar-refractivity contribution in [2.45, 2.75) is 19.8 Å². The lowest BCUT2D eigenvalue weighted by atomic mass is 9.96. The molecule has 164 valence electrons. The molecule has 3 rings (SSSR count). The van der Waals surface area contributed by atoms with Crippen LogP contribution < -0.4 is 10.6 Å². The SMILES string of the molecule is COCCNC(=O)[C@H]1CCCN(C(=O)c2cccc(NC(=O)c3ccccc3C)c2)C1. The fourth-order valence-corrected chi connectivity index (χ4v) is 3.73. The number of carbonyl (C=O) groups is 3. The Hall–Kier alpha value is -3.19. The highest BCUT2D eigenvalue weighted by Gasteiger charge is 2.28. The molecule has 3 amide bonds. The lowest BCUT2D eigenvalue weighted by molar-refractivity contribution is -0.126. The van der Waals surface area contributed by atoms with Gasteiger partial charge in [-0.1, -0.05) is 24.3 Å². The maximum Gasteiger partial charge on any atom is 0.255 e. The number of likely N-dealkylation sites (tertiary alicyclic amines) is 1. The van der Waals surface area contributed by atoms with Crippen LogP contribution in [-0.4, -0.2) is 56.0 Å². The van der Waals surface area contributed by atoms with Gasteiger partial charge in [0, 0.05) is 43.6 Å². The topological polar surface area (TPSA) is 87.7 Å². The van der Waals surface area contributed by atoms with Crippen molar-refractivity contribution in [3.8, 4) is 0 Å². The minimum absolute atomic E-state index is 0.0474. The fourth-order valence-electron chi connectivity index (χ4n) is 3.73. The van der Waals surface area contributed by atoms with E-state index in [-0.39, 0.29) is 23.6 Å². The summed E-state index contributed by atoms with van der Waals surface area (Å²) in [4.78, 5) is 39.7. The minimum atomic E-state index is -0.224. The number of hydrogen-bond acceptors (Lipinski definition) is 4. The summed E-state index contributed by atoms with van der Waals surface area (Å²) in [6.45, 7) is 3.80. The molecule has 0 aliphatic carbocycles. The van der Waals surface area contributed by atoms with Gasteiger partial charge >= 0.3 is 0 Å². The number of methoxy groups -OCH3 is 1. The first-order chi connectivity index (χ1) is 15.0. The summed E-state index contributed by atoms with van der Waals surface area (Å²) < 4.78 is 4.96. The van der Waals surface area contributed by atoms with Gasteiger partial charge in [0.25, 0.3) is 11.8 Å². The van der Waals surface area contributed by atoms with Gasteiger partial charge in [-0.3, -0.25) is 14.4 Å². The largest absolute Gasteiger partial charge is 0.383 e. The van der Waals surface area contributed by atoms with Crippen molar-refractivity contribution in [3.63, 3.8) is 0 Å². The maximum absolute atomic E-state index is 13.1.